The van der Waals surface area contributed by atoms with Gasteiger partial charge in [0.15, 0.2) is 0 Å². The minimum atomic E-state index is -0.386. The Hall–Kier alpha value is -0.670. The van der Waals surface area contributed by atoms with Crippen LogP contribution < -0.4 is 4.74 Å². The predicted octanol–water partition coefficient (Wildman–Crippen LogP) is 2.87. The van der Waals surface area contributed by atoms with Crippen LogP contribution >= 0.6 is 11.8 Å². The van der Waals surface area contributed by atoms with Crippen molar-refractivity contribution in [1.82, 2.24) is 0 Å². The first kappa shape index (κ1) is 12.4. The summed E-state index contributed by atoms with van der Waals surface area (Å²) in [6, 6.07) is 7.56. The number of ether oxygens (including phenoxy) is 1. The van der Waals surface area contributed by atoms with Crippen LogP contribution in [0.1, 0.15) is 25.5 Å². The van der Waals surface area contributed by atoms with Crippen molar-refractivity contribution in [3.05, 3.63) is 29.8 Å². The van der Waals surface area contributed by atoms with Crippen LogP contribution in [-0.2, 0) is 0 Å². The normalized spacial score (nSPS) is 12.9. The first-order valence-corrected chi connectivity index (χ1v) is 6.12. The average Bonchev–Trinajstić information content (AvgIpc) is 2.26. The summed E-state index contributed by atoms with van der Waals surface area (Å²) >= 11 is 1.76. The highest BCUT2D eigenvalue weighted by Gasteiger charge is 2.08. The van der Waals surface area contributed by atoms with Gasteiger partial charge in [0.2, 0.25) is 0 Å². The van der Waals surface area contributed by atoms with E-state index in [-0.39, 0.29) is 6.10 Å². The molecule has 84 valence electrons. The summed E-state index contributed by atoms with van der Waals surface area (Å²) in [4.78, 5) is 0. The molecular formula is C12H18O2S. The van der Waals surface area contributed by atoms with E-state index in [0.29, 0.717) is 5.25 Å². The van der Waals surface area contributed by atoms with E-state index in [1.165, 1.54) is 0 Å². The second-order valence-electron chi connectivity index (χ2n) is 3.67. The quantitative estimate of drug-likeness (QED) is 0.837. The molecule has 0 amide bonds. The summed E-state index contributed by atoms with van der Waals surface area (Å²) in [6.45, 7) is 4.26. The summed E-state index contributed by atoms with van der Waals surface area (Å²) in [6.07, 6.45) is -0.386. The first-order valence-electron chi connectivity index (χ1n) is 5.07. The lowest BCUT2D eigenvalue weighted by molar-refractivity contribution is 0.204. The largest absolute Gasteiger partial charge is 0.497 e. The Kier molecular flexibility index (Phi) is 4.99. The summed E-state index contributed by atoms with van der Waals surface area (Å²) in [7, 11) is 1.64. The Morgan fingerprint density at radius 1 is 1.27 bits per heavy atom. The number of rotatable bonds is 5. The molecule has 1 rings (SSSR count). The molecule has 0 spiro atoms. The Morgan fingerprint density at radius 2 is 1.87 bits per heavy atom. The number of aliphatic hydroxyl groups excluding tert-OH is 1. The number of hydrogen-bond donors (Lipinski definition) is 1. The maximum Gasteiger partial charge on any atom is 0.118 e. The zero-order chi connectivity index (χ0) is 11.3. The lowest BCUT2D eigenvalue weighted by Gasteiger charge is -2.12. The number of aliphatic hydroxyl groups is 1. The maximum atomic E-state index is 9.87. The molecule has 0 aromatic heterocycles. The Labute approximate surface area is 95.7 Å². The second kappa shape index (κ2) is 6.03. The molecule has 1 aromatic rings. The summed E-state index contributed by atoms with van der Waals surface area (Å²) in [5.74, 6) is 1.56. The van der Waals surface area contributed by atoms with Gasteiger partial charge in [0.1, 0.15) is 5.75 Å². The monoisotopic (exact) mass is 226 g/mol. The van der Waals surface area contributed by atoms with Crippen molar-refractivity contribution >= 4 is 11.8 Å². The summed E-state index contributed by atoms with van der Waals surface area (Å²) < 4.78 is 5.06. The molecule has 0 aliphatic carbocycles. The molecule has 3 heteroatoms. The first-order chi connectivity index (χ1) is 7.13. The zero-order valence-corrected chi connectivity index (χ0v) is 10.3. The molecule has 0 heterocycles. The van der Waals surface area contributed by atoms with Crippen LogP contribution in [0.2, 0.25) is 0 Å². The van der Waals surface area contributed by atoms with E-state index in [4.69, 9.17) is 4.74 Å². The van der Waals surface area contributed by atoms with Gasteiger partial charge < -0.3 is 9.84 Å². The lowest BCUT2D eigenvalue weighted by atomic mass is 10.1. The van der Waals surface area contributed by atoms with Gasteiger partial charge in [-0.2, -0.15) is 11.8 Å². The molecule has 15 heavy (non-hydrogen) atoms. The highest BCUT2D eigenvalue weighted by molar-refractivity contribution is 7.99. The van der Waals surface area contributed by atoms with Gasteiger partial charge in [-0.1, -0.05) is 26.0 Å². The van der Waals surface area contributed by atoms with Crippen LogP contribution in [0.5, 0.6) is 5.75 Å². The number of hydrogen-bond acceptors (Lipinski definition) is 3. The van der Waals surface area contributed by atoms with Crippen molar-refractivity contribution in [3.8, 4) is 5.75 Å². The fourth-order valence-electron chi connectivity index (χ4n) is 1.21. The topological polar surface area (TPSA) is 29.5 Å². The molecule has 0 radical (unpaired) electrons. The Bertz CT molecular complexity index is 282. The highest BCUT2D eigenvalue weighted by atomic mass is 32.2. The van der Waals surface area contributed by atoms with Crippen LogP contribution in [0, 0.1) is 0 Å². The van der Waals surface area contributed by atoms with E-state index in [9.17, 15) is 5.11 Å². The van der Waals surface area contributed by atoms with Crippen LogP contribution in [0.3, 0.4) is 0 Å². The number of thioether (sulfide) groups is 1. The van der Waals surface area contributed by atoms with Gasteiger partial charge in [0.05, 0.1) is 13.2 Å². The molecule has 2 nitrogen and oxygen atoms in total. The van der Waals surface area contributed by atoms with Crippen molar-refractivity contribution in [2.45, 2.75) is 25.2 Å². The molecule has 0 aliphatic rings. The molecule has 1 unspecified atom stereocenters. The van der Waals surface area contributed by atoms with Crippen molar-refractivity contribution < 1.29 is 9.84 Å². The van der Waals surface area contributed by atoms with Crippen LogP contribution in [0.25, 0.3) is 0 Å². The van der Waals surface area contributed by atoms with Gasteiger partial charge in [-0.05, 0) is 22.9 Å². The zero-order valence-electron chi connectivity index (χ0n) is 9.43. The second-order valence-corrected chi connectivity index (χ2v) is 5.28. The minimum absolute atomic E-state index is 0.386. The molecule has 0 saturated heterocycles. The number of benzene rings is 1. The SMILES string of the molecule is COc1ccc(C(O)CSC(C)C)cc1. The Morgan fingerprint density at radius 3 is 2.33 bits per heavy atom. The number of methoxy groups -OCH3 is 1. The smallest absolute Gasteiger partial charge is 0.118 e. The fourth-order valence-corrected chi connectivity index (χ4v) is 1.97. The summed E-state index contributed by atoms with van der Waals surface area (Å²) in [5.41, 5.74) is 0.948. The van der Waals surface area contributed by atoms with Gasteiger partial charge in [-0.15, -0.1) is 0 Å². The molecule has 1 N–H and O–H groups in total. The third-order valence-electron chi connectivity index (χ3n) is 2.09. The third kappa shape index (κ3) is 4.14. The van der Waals surface area contributed by atoms with Crippen LogP contribution in [0.4, 0.5) is 0 Å². The van der Waals surface area contributed by atoms with Crippen molar-refractivity contribution in [2.75, 3.05) is 12.9 Å². The van der Waals surface area contributed by atoms with Crippen molar-refractivity contribution in [2.24, 2.45) is 0 Å². The van der Waals surface area contributed by atoms with Crippen LogP contribution in [-0.4, -0.2) is 23.2 Å². The van der Waals surface area contributed by atoms with E-state index in [1.807, 2.05) is 24.3 Å². The third-order valence-corrected chi connectivity index (χ3v) is 3.26. The highest BCUT2D eigenvalue weighted by Crippen LogP contribution is 2.22. The van der Waals surface area contributed by atoms with Gasteiger partial charge in [0.25, 0.3) is 0 Å². The van der Waals surface area contributed by atoms with Crippen molar-refractivity contribution in [1.29, 1.82) is 0 Å². The van der Waals surface area contributed by atoms with Gasteiger partial charge in [-0.3, -0.25) is 0 Å². The molecule has 0 saturated carbocycles. The van der Waals surface area contributed by atoms with E-state index in [1.54, 1.807) is 18.9 Å². The van der Waals surface area contributed by atoms with Gasteiger partial charge in [0, 0.05) is 5.75 Å². The average molecular weight is 226 g/mol. The maximum absolute atomic E-state index is 9.87. The molecular weight excluding hydrogens is 208 g/mol. The van der Waals surface area contributed by atoms with E-state index in [2.05, 4.69) is 13.8 Å². The molecule has 1 aromatic carbocycles. The lowest BCUT2D eigenvalue weighted by Crippen LogP contribution is -2.03. The predicted molar refractivity (Wildman–Crippen MR) is 65.5 cm³/mol. The van der Waals surface area contributed by atoms with E-state index >= 15 is 0 Å². The van der Waals surface area contributed by atoms with Crippen molar-refractivity contribution in [3.63, 3.8) is 0 Å². The standard InChI is InChI=1S/C12H18O2S/c1-9(2)15-8-12(13)10-4-6-11(14-3)7-5-10/h4-7,9,12-13H,8H2,1-3H3. The minimum Gasteiger partial charge on any atom is -0.497 e. The Balaban J connectivity index is 2.54. The van der Waals surface area contributed by atoms with E-state index in [0.717, 1.165) is 17.1 Å². The molecule has 0 fully saturated rings. The molecule has 0 bridgehead atoms. The van der Waals surface area contributed by atoms with Gasteiger partial charge in [-0.25, -0.2) is 0 Å². The van der Waals surface area contributed by atoms with Gasteiger partial charge >= 0.3 is 0 Å². The molecule has 0 aliphatic heterocycles. The van der Waals surface area contributed by atoms with E-state index < -0.39 is 0 Å². The fraction of sp³-hybridized carbons (Fsp3) is 0.500. The summed E-state index contributed by atoms with van der Waals surface area (Å²) in [5, 5.41) is 10.4. The molecule has 1 atom stereocenters. The van der Waals surface area contributed by atoms with Crippen LogP contribution in [0.15, 0.2) is 24.3 Å².